The summed E-state index contributed by atoms with van der Waals surface area (Å²) in [5.41, 5.74) is 6.05. The predicted octanol–water partition coefficient (Wildman–Crippen LogP) is 1.87. The second-order valence-electron chi connectivity index (χ2n) is 4.06. The van der Waals surface area contributed by atoms with E-state index in [1.165, 1.54) is 0 Å². The standard InChI is InChI=1S/C12H21N3O2/c1-5-12(3,17-6-2)11-14-9(8-16-4)7-10(13)15-11/h7H,5-6,8H2,1-4H3,(H2,13,14,15). The molecule has 0 bridgehead atoms. The number of nitrogens with zero attached hydrogens (tertiary/aromatic N) is 2. The summed E-state index contributed by atoms with van der Waals surface area (Å²) in [4.78, 5) is 8.71. The minimum atomic E-state index is -0.493. The highest BCUT2D eigenvalue weighted by molar-refractivity contribution is 5.30. The van der Waals surface area contributed by atoms with Crippen LogP contribution in [0.1, 0.15) is 38.7 Å². The molecule has 0 saturated heterocycles. The first-order valence-corrected chi connectivity index (χ1v) is 5.82. The largest absolute Gasteiger partial charge is 0.384 e. The summed E-state index contributed by atoms with van der Waals surface area (Å²) in [5.74, 6) is 1.07. The van der Waals surface area contributed by atoms with Crippen LogP contribution in [0, 0.1) is 0 Å². The molecule has 1 aromatic heterocycles. The lowest BCUT2D eigenvalue weighted by molar-refractivity contribution is -0.0392. The molecule has 0 aliphatic rings. The minimum Gasteiger partial charge on any atom is -0.384 e. The quantitative estimate of drug-likeness (QED) is 0.820. The average molecular weight is 239 g/mol. The maximum absolute atomic E-state index is 5.78. The van der Waals surface area contributed by atoms with Crippen LogP contribution < -0.4 is 5.73 Å². The van der Waals surface area contributed by atoms with Crippen LogP contribution in [0.5, 0.6) is 0 Å². The Bertz CT molecular complexity index is 371. The van der Waals surface area contributed by atoms with Crippen LogP contribution >= 0.6 is 0 Å². The van der Waals surface area contributed by atoms with Gasteiger partial charge in [-0.15, -0.1) is 0 Å². The van der Waals surface area contributed by atoms with Crippen molar-refractivity contribution in [3.05, 3.63) is 17.6 Å². The van der Waals surface area contributed by atoms with Gasteiger partial charge in [0.1, 0.15) is 11.4 Å². The smallest absolute Gasteiger partial charge is 0.162 e. The molecule has 0 aliphatic heterocycles. The molecule has 1 heterocycles. The predicted molar refractivity (Wildman–Crippen MR) is 66.4 cm³/mol. The number of anilines is 1. The average Bonchev–Trinajstić information content (AvgIpc) is 2.29. The molecule has 0 spiro atoms. The van der Waals surface area contributed by atoms with Gasteiger partial charge in [0.2, 0.25) is 0 Å². The molecule has 5 nitrogen and oxygen atoms in total. The third kappa shape index (κ3) is 3.38. The third-order valence-corrected chi connectivity index (χ3v) is 2.70. The van der Waals surface area contributed by atoms with E-state index in [0.29, 0.717) is 24.9 Å². The van der Waals surface area contributed by atoms with Gasteiger partial charge in [-0.1, -0.05) is 6.92 Å². The summed E-state index contributed by atoms with van der Waals surface area (Å²) < 4.78 is 10.8. The van der Waals surface area contributed by atoms with Crippen molar-refractivity contribution in [3.8, 4) is 0 Å². The van der Waals surface area contributed by atoms with E-state index in [1.54, 1.807) is 13.2 Å². The van der Waals surface area contributed by atoms with E-state index in [-0.39, 0.29) is 0 Å². The molecular weight excluding hydrogens is 218 g/mol. The van der Waals surface area contributed by atoms with Gasteiger partial charge in [-0.3, -0.25) is 0 Å². The lowest BCUT2D eigenvalue weighted by Gasteiger charge is -2.26. The molecule has 0 saturated carbocycles. The summed E-state index contributed by atoms with van der Waals surface area (Å²) in [6, 6.07) is 1.72. The highest BCUT2D eigenvalue weighted by Crippen LogP contribution is 2.26. The van der Waals surface area contributed by atoms with Crippen LogP contribution in [-0.4, -0.2) is 23.7 Å². The number of ether oxygens (including phenoxy) is 2. The third-order valence-electron chi connectivity index (χ3n) is 2.70. The van der Waals surface area contributed by atoms with Crippen LogP contribution in [0.25, 0.3) is 0 Å². The number of rotatable bonds is 6. The molecule has 2 N–H and O–H groups in total. The van der Waals surface area contributed by atoms with Crippen molar-refractivity contribution in [2.24, 2.45) is 0 Å². The maximum Gasteiger partial charge on any atom is 0.162 e. The van der Waals surface area contributed by atoms with Crippen LogP contribution in [0.15, 0.2) is 6.07 Å². The van der Waals surface area contributed by atoms with E-state index in [1.807, 2.05) is 20.8 Å². The summed E-state index contributed by atoms with van der Waals surface area (Å²) in [6.07, 6.45) is 0.788. The molecule has 1 rings (SSSR count). The number of nitrogens with two attached hydrogens (primary N) is 1. The molecule has 0 amide bonds. The van der Waals surface area contributed by atoms with E-state index >= 15 is 0 Å². The molecule has 0 radical (unpaired) electrons. The SMILES string of the molecule is CCOC(C)(CC)c1nc(N)cc(COC)n1. The Kier molecular flexibility index (Phi) is 4.84. The van der Waals surface area contributed by atoms with Gasteiger partial charge in [-0.05, 0) is 20.3 Å². The first-order valence-electron chi connectivity index (χ1n) is 5.82. The van der Waals surface area contributed by atoms with Gasteiger partial charge in [0.05, 0.1) is 12.3 Å². The molecule has 1 aromatic rings. The van der Waals surface area contributed by atoms with Gasteiger partial charge < -0.3 is 15.2 Å². The van der Waals surface area contributed by atoms with Gasteiger partial charge in [0.25, 0.3) is 0 Å². The molecule has 0 aromatic carbocycles. The van der Waals surface area contributed by atoms with Crippen molar-refractivity contribution in [2.75, 3.05) is 19.5 Å². The zero-order valence-corrected chi connectivity index (χ0v) is 11.0. The lowest BCUT2D eigenvalue weighted by atomic mass is 10.0. The molecule has 0 aliphatic carbocycles. The van der Waals surface area contributed by atoms with Gasteiger partial charge in [0.15, 0.2) is 5.82 Å². The van der Waals surface area contributed by atoms with Gasteiger partial charge in [-0.25, -0.2) is 9.97 Å². The minimum absolute atomic E-state index is 0.422. The van der Waals surface area contributed by atoms with Gasteiger partial charge in [-0.2, -0.15) is 0 Å². The topological polar surface area (TPSA) is 70.3 Å². The van der Waals surface area contributed by atoms with Crippen molar-refractivity contribution in [2.45, 2.75) is 39.4 Å². The van der Waals surface area contributed by atoms with Crippen LogP contribution in [0.4, 0.5) is 5.82 Å². The van der Waals surface area contributed by atoms with Gasteiger partial charge >= 0.3 is 0 Å². The Morgan fingerprint density at radius 3 is 2.59 bits per heavy atom. The molecule has 0 fully saturated rings. The zero-order valence-electron chi connectivity index (χ0n) is 11.0. The Labute approximate surface area is 102 Å². The fourth-order valence-electron chi connectivity index (χ4n) is 1.62. The van der Waals surface area contributed by atoms with E-state index < -0.39 is 5.60 Å². The monoisotopic (exact) mass is 239 g/mol. The summed E-state index contributed by atoms with van der Waals surface area (Å²) in [5, 5.41) is 0. The first-order chi connectivity index (χ1) is 8.05. The highest BCUT2D eigenvalue weighted by Gasteiger charge is 2.29. The number of hydrogen-bond acceptors (Lipinski definition) is 5. The van der Waals surface area contributed by atoms with Crippen molar-refractivity contribution in [1.29, 1.82) is 0 Å². The second-order valence-corrected chi connectivity index (χ2v) is 4.06. The number of aromatic nitrogens is 2. The summed E-state index contributed by atoms with van der Waals surface area (Å²) in [7, 11) is 1.62. The summed E-state index contributed by atoms with van der Waals surface area (Å²) >= 11 is 0. The van der Waals surface area contributed by atoms with Crippen LogP contribution in [0.3, 0.4) is 0 Å². The fraction of sp³-hybridized carbons (Fsp3) is 0.667. The first kappa shape index (κ1) is 13.9. The van der Waals surface area contributed by atoms with Crippen molar-refractivity contribution in [1.82, 2.24) is 9.97 Å². The van der Waals surface area contributed by atoms with Crippen LogP contribution in [0.2, 0.25) is 0 Å². The normalized spacial score (nSPS) is 14.6. The number of methoxy groups -OCH3 is 1. The van der Waals surface area contributed by atoms with Crippen molar-refractivity contribution in [3.63, 3.8) is 0 Å². The Balaban J connectivity index is 3.10. The van der Waals surface area contributed by atoms with E-state index in [2.05, 4.69) is 9.97 Å². The Morgan fingerprint density at radius 2 is 2.06 bits per heavy atom. The Morgan fingerprint density at radius 1 is 1.35 bits per heavy atom. The molecule has 1 unspecified atom stereocenters. The van der Waals surface area contributed by atoms with Crippen LogP contribution in [-0.2, 0) is 21.7 Å². The van der Waals surface area contributed by atoms with Crippen molar-refractivity contribution >= 4 is 5.82 Å². The Hall–Kier alpha value is -1.20. The molecular formula is C12H21N3O2. The van der Waals surface area contributed by atoms with Crippen molar-refractivity contribution < 1.29 is 9.47 Å². The highest BCUT2D eigenvalue weighted by atomic mass is 16.5. The summed E-state index contributed by atoms with van der Waals surface area (Å²) in [6.45, 7) is 7.00. The fourth-order valence-corrected chi connectivity index (χ4v) is 1.62. The molecule has 5 heteroatoms. The lowest BCUT2D eigenvalue weighted by Crippen LogP contribution is -2.28. The molecule has 1 atom stereocenters. The van der Waals surface area contributed by atoms with Gasteiger partial charge in [0, 0.05) is 19.8 Å². The number of hydrogen-bond donors (Lipinski definition) is 1. The molecule has 96 valence electrons. The second kappa shape index (κ2) is 5.93. The maximum atomic E-state index is 5.78. The van der Waals surface area contributed by atoms with E-state index in [0.717, 1.165) is 12.1 Å². The zero-order chi connectivity index (χ0) is 12.9. The molecule has 17 heavy (non-hydrogen) atoms. The number of nitrogen functional groups attached to an aromatic ring is 1. The van der Waals surface area contributed by atoms with E-state index in [9.17, 15) is 0 Å². The van der Waals surface area contributed by atoms with E-state index in [4.69, 9.17) is 15.2 Å².